The van der Waals surface area contributed by atoms with Gasteiger partial charge in [-0.1, -0.05) is 19.1 Å². The number of nitrogens with zero attached hydrogens (tertiary/aromatic N) is 1. The molecule has 0 radical (unpaired) electrons. The molecule has 0 bridgehead atoms. The number of nitrogens with one attached hydrogen (secondary N) is 1. The second-order valence-corrected chi connectivity index (χ2v) is 6.11. The van der Waals surface area contributed by atoms with Gasteiger partial charge in [-0.05, 0) is 49.7 Å². The zero-order valence-corrected chi connectivity index (χ0v) is 15.4. The Hall–Kier alpha value is -3.28. The van der Waals surface area contributed by atoms with Crippen molar-refractivity contribution in [2.45, 2.75) is 26.8 Å². The van der Waals surface area contributed by atoms with E-state index in [-0.39, 0.29) is 11.3 Å². The van der Waals surface area contributed by atoms with Crippen LogP contribution < -0.4 is 15.6 Å². The number of hydrogen-bond acceptors (Lipinski definition) is 4. The fourth-order valence-electron chi connectivity index (χ4n) is 3.03. The van der Waals surface area contributed by atoms with Crippen molar-refractivity contribution < 1.29 is 14.6 Å². The van der Waals surface area contributed by atoms with Crippen LogP contribution in [-0.2, 0) is 6.54 Å². The largest absolute Gasteiger partial charge is 0.506 e. The maximum Gasteiger partial charge on any atom is 0.267 e. The molecular formula is C21H22N2O4. The topological polar surface area (TPSA) is 80.6 Å². The molecule has 1 aromatic heterocycles. The van der Waals surface area contributed by atoms with Gasteiger partial charge in [0.15, 0.2) is 0 Å². The molecule has 0 aliphatic rings. The van der Waals surface area contributed by atoms with Gasteiger partial charge in [0.2, 0.25) is 0 Å². The lowest BCUT2D eigenvalue weighted by atomic mass is 10.1. The minimum atomic E-state index is -0.641. The predicted octanol–water partition coefficient (Wildman–Crippen LogP) is 3.77. The molecule has 0 saturated carbocycles. The molecule has 0 fully saturated rings. The van der Waals surface area contributed by atoms with Crippen molar-refractivity contribution in [1.82, 2.24) is 4.57 Å². The molecule has 0 unspecified atom stereocenters. The molecule has 1 heterocycles. The van der Waals surface area contributed by atoms with Crippen molar-refractivity contribution in [1.29, 1.82) is 0 Å². The van der Waals surface area contributed by atoms with Crippen LogP contribution >= 0.6 is 0 Å². The van der Waals surface area contributed by atoms with E-state index in [9.17, 15) is 14.7 Å². The summed E-state index contributed by atoms with van der Waals surface area (Å²) in [5.41, 5.74) is 0.365. The van der Waals surface area contributed by atoms with E-state index in [0.717, 1.165) is 6.42 Å². The lowest BCUT2D eigenvalue weighted by Crippen LogP contribution is -2.29. The molecule has 140 valence electrons. The normalized spacial score (nSPS) is 10.7. The standard InChI is InChI=1S/C21H22N2O4/c1-3-13-23-17-8-6-5-7-16(17)19(24)18(21(23)26)20(25)22-14-9-11-15(12-10-14)27-4-2/h5-12,24H,3-4,13H2,1-2H3,(H,22,25). The second-order valence-electron chi connectivity index (χ2n) is 6.11. The van der Waals surface area contributed by atoms with Gasteiger partial charge < -0.3 is 19.7 Å². The Bertz CT molecular complexity index is 1020. The fourth-order valence-corrected chi connectivity index (χ4v) is 3.03. The van der Waals surface area contributed by atoms with E-state index in [1.165, 1.54) is 4.57 Å². The first-order valence-corrected chi connectivity index (χ1v) is 8.95. The highest BCUT2D eigenvalue weighted by Gasteiger charge is 2.22. The smallest absolute Gasteiger partial charge is 0.267 e. The number of hydrogen-bond donors (Lipinski definition) is 2. The molecule has 0 aliphatic heterocycles. The summed E-state index contributed by atoms with van der Waals surface area (Å²) in [5, 5.41) is 13.7. The van der Waals surface area contributed by atoms with Gasteiger partial charge in [-0.2, -0.15) is 0 Å². The molecule has 6 nitrogen and oxygen atoms in total. The van der Waals surface area contributed by atoms with Crippen LogP contribution in [-0.4, -0.2) is 22.2 Å². The first-order chi connectivity index (χ1) is 13.1. The van der Waals surface area contributed by atoms with E-state index in [4.69, 9.17) is 4.74 Å². The molecule has 0 aliphatic carbocycles. The summed E-state index contributed by atoms with van der Waals surface area (Å²) in [6, 6.07) is 13.9. The maximum atomic E-state index is 12.9. The summed E-state index contributed by atoms with van der Waals surface area (Å²) < 4.78 is 6.90. The predicted molar refractivity (Wildman–Crippen MR) is 106 cm³/mol. The zero-order valence-electron chi connectivity index (χ0n) is 15.4. The minimum absolute atomic E-state index is 0.254. The number of pyridine rings is 1. The van der Waals surface area contributed by atoms with Crippen LogP contribution in [0.5, 0.6) is 11.5 Å². The summed E-state index contributed by atoms with van der Waals surface area (Å²) in [6.07, 6.45) is 0.731. The number of carbonyl (C=O) groups excluding carboxylic acids is 1. The highest BCUT2D eigenvalue weighted by Crippen LogP contribution is 2.27. The van der Waals surface area contributed by atoms with Crippen molar-refractivity contribution in [2.24, 2.45) is 0 Å². The van der Waals surface area contributed by atoms with E-state index in [1.807, 2.05) is 13.8 Å². The molecular weight excluding hydrogens is 344 g/mol. The Labute approximate surface area is 157 Å². The first-order valence-electron chi connectivity index (χ1n) is 8.95. The van der Waals surface area contributed by atoms with Crippen LogP contribution in [0.25, 0.3) is 10.9 Å². The number of para-hydroxylation sites is 1. The molecule has 0 atom stereocenters. The van der Waals surface area contributed by atoms with Crippen LogP contribution in [0.4, 0.5) is 5.69 Å². The number of aryl methyl sites for hydroxylation is 1. The van der Waals surface area contributed by atoms with Gasteiger partial charge in [0, 0.05) is 17.6 Å². The molecule has 6 heteroatoms. The Balaban J connectivity index is 2.02. The van der Waals surface area contributed by atoms with Gasteiger partial charge in [-0.25, -0.2) is 0 Å². The maximum absolute atomic E-state index is 12.9. The number of anilines is 1. The van der Waals surface area contributed by atoms with Gasteiger partial charge >= 0.3 is 0 Å². The lowest BCUT2D eigenvalue weighted by molar-refractivity contribution is 0.102. The van der Waals surface area contributed by atoms with Crippen molar-refractivity contribution in [3.63, 3.8) is 0 Å². The summed E-state index contributed by atoms with van der Waals surface area (Å²) in [5.74, 6) is -0.252. The van der Waals surface area contributed by atoms with Gasteiger partial charge in [0.1, 0.15) is 17.1 Å². The van der Waals surface area contributed by atoms with E-state index in [2.05, 4.69) is 5.32 Å². The number of benzene rings is 2. The third-order valence-corrected chi connectivity index (χ3v) is 4.24. The van der Waals surface area contributed by atoms with Crippen molar-refractivity contribution >= 4 is 22.5 Å². The summed E-state index contributed by atoms with van der Waals surface area (Å²) >= 11 is 0. The Kier molecular flexibility index (Phi) is 5.45. The van der Waals surface area contributed by atoms with Crippen LogP contribution in [0.1, 0.15) is 30.6 Å². The van der Waals surface area contributed by atoms with E-state index < -0.39 is 11.5 Å². The van der Waals surface area contributed by atoms with E-state index in [1.54, 1.807) is 48.5 Å². The highest BCUT2D eigenvalue weighted by atomic mass is 16.5. The van der Waals surface area contributed by atoms with Crippen LogP contribution in [0.2, 0.25) is 0 Å². The number of carbonyl (C=O) groups is 1. The number of rotatable bonds is 6. The second kappa shape index (κ2) is 7.95. The average Bonchev–Trinajstić information content (AvgIpc) is 2.67. The first kappa shape index (κ1) is 18.5. The average molecular weight is 366 g/mol. The summed E-state index contributed by atoms with van der Waals surface area (Å²) in [4.78, 5) is 25.6. The molecule has 0 saturated heterocycles. The number of aromatic nitrogens is 1. The van der Waals surface area contributed by atoms with Crippen LogP contribution in [0.15, 0.2) is 53.3 Å². The Morgan fingerprint density at radius 3 is 2.48 bits per heavy atom. The Morgan fingerprint density at radius 1 is 1.11 bits per heavy atom. The Morgan fingerprint density at radius 2 is 1.81 bits per heavy atom. The molecule has 2 N–H and O–H groups in total. The number of aromatic hydroxyl groups is 1. The molecule has 3 aromatic rings. The fraction of sp³-hybridized carbons (Fsp3) is 0.238. The van der Waals surface area contributed by atoms with Crippen molar-refractivity contribution in [2.75, 3.05) is 11.9 Å². The quantitative estimate of drug-likeness (QED) is 0.696. The monoisotopic (exact) mass is 366 g/mol. The van der Waals surface area contributed by atoms with E-state index >= 15 is 0 Å². The SMILES string of the molecule is CCCn1c(=O)c(C(=O)Nc2ccc(OCC)cc2)c(O)c2ccccc21. The summed E-state index contributed by atoms with van der Waals surface area (Å²) in [7, 11) is 0. The number of fused-ring (bicyclic) bond motifs is 1. The molecule has 2 aromatic carbocycles. The third kappa shape index (κ3) is 3.65. The van der Waals surface area contributed by atoms with Gasteiger partial charge in [-0.3, -0.25) is 9.59 Å². The van der Waals surface area contributed by atoms with E-state index in [0.29, 0.717) is 35.5 Å². The third-order valence-electron chi connectivity index (χ3n) is 4.24. The van der Waals surface area contributed by atoms with Gasteiger partial charge in [0.05, 0.1) is 12.1 Å². The number of ether oxygens (including phenoxy) is 1. The highest BCUT2D eigenvalue weighted by molar-refractivity contribution is 6.09. The molecule has 27 heavy (non-hydrogen) atoms. The van der Waals surface area contributed by atoms with Crippen LogP contribution in [0.3, 0.4) is 0 Å². The molecule has 3 rings (SSSR count). The van der Waals surface area contributed by atoms with Crippen molar-refractivity contribution in [3.8, 4) is 11.5 Å². The minimum Gasteiger partial charge on any atom is -0.506 e. The molecule has 0 spiro atoms. The van der Waals surface area contributed by atoms with Crippen molar-refractivity contribution in [3.05, 3.63) is 64.4 Å². The number of amides is 1. The lowest BCUT2D eigenvalue weighted by Gasteiger charge is -2.14. The van der Waals surface area contributed by atoms with Crippen LogP contribution in [0, 0.1) is 0 Å². The summed E-state index contributed by atoms with van der Waals surface area (Å²) in [6.45, 7) is 4.85. The zero-order chi connectivity index (χ0) is 19.4. The van der Waals surface area contributed by atoms with Gasteiger partial charge in [-0.15, -0.1) is 0 Å². The molecule has 1 amide bonds. The van der Waals surface area contributed by atoms with Gasteiger partial charge in [0.25, 0.3) is 11.5 Å².